The van der Waals surface area contributed by atoms with Gasteiger partial charge in [0, 0.05) is 17.0 Å². The van der Waals surface area contributed by atoms with Crippen molar-refractivity contribution in [2.75, 3.05) is 0 Å². The fourth-order valence-electron chi connectivity index (χ4n) is 3.86. The summed E-state index contributed by atoms with van der Waals surface area (Å²) in [5.41, 5.74) is 4.68. The van der Waals surface area contributed by atoms with Crippen LogP contribution in [0.25, 0.3) is 0 Å². The smallest absolute Gasteiger partial charge is 0.0659 e. The molecule has 2 atom stereocenters. The number of benzene rings is 1. The van der Waals surface area contributed by atoms with Crippen molar-refractivity contribution in [2.45, 2.75) is 50.6 Å². The summed E-state index contributed by atoms with van der Waals surface area (Å²) in [7, 11) is 0. The van der Waals surface area contributed by atoms with E-state index in [0.717, 1.165) is 0 Å². The maximum Gasteiger partial charge on any atom is 0.0659 e. The third-order valence-corrected chi connectivity index (χ3v) is 6.83. The molecule has 2 aliphatic rings. The molecule has 3 heteroatoms. The first-order valence-electron chi connectivity index (χ1n) is 7.93. The molecule has 0 fully saturated rings. The SMILES string of the molecule is Ic1cc2c(s1)CCCC2NC1CCCc2ccccc21. The molecule has 21 heavy (non-hydrogen) atoms. The Morgan fingerprint density at radius 2 is 1.76 bits per heavy atom. The number of fused-ring (bicyclic) bond motifs is 2. The Morgan fingerprint density at radius 3 is 2.67 bits per heavy atom. The third kappa shape index (κ3) is 2.80. The van der Waals surface area contributed by atoms with E-state index >= 15 is 0 Å². The molecule has 0 saturated heterocycles. The van der Waals surface area contributed by atoms with Crippen molar-refractivity contribution in [1.82, 2.24) is 5.32 Å². The largest absolute Gasteiger partial charge is 0.303 e. The Hall–Kier alpha value is -0.390. The van der Waals surface area contributed by atoms with Gasteiger partial charge in [-0.15, -0.1) is 11.3 Å². The summed E-state index contributed by atoms with van der Waals surface area (Å²) in [6.45, 7) is 0. The Morgan fingerprint density at radius 1 is 1.00 bits per heavy atom. The topological polar surface area (TPSA) is 12.0 Å². The number of hydrogen-bond donors (Lipinski definition) is 1. The van der Waals surface area contributed by atoms with Crippen molar-refractivity contribution in [3.8, 4) is 0 Å². The maximum absolute atomic E-state index is 3.99. The zero-order valence-corrected chi connectivity index (χ0v) is 15.0. The van der Waals surface area contributed by atoms with E-state index < -0.39 is 0 Å². The lowest BCUT2D eigenvalue weighted by Gasteiger charge is -2.32. The average Bonchev–Trinajstić information content (AvgIpc) is 2.89. The van der Waals surface area contributed by atoms with E-state index in [-0.39, 0.29) is 0 Å². The molecule has 0 aliphatic heterocycles. The molecule has 1 heterocycles. The zero-order valence-electron chi connectivity index (χ0n) is 12.1. The van der Waals surface area contributed by atoms with Crippen LogP contribution in [0.1, 0.15) is 59.3 Å². The van der Waals surface area contributed by atoms with Crippen LogP contribution in [0.3, 0.4) is 0 Å². The molecular formula is C18H20INS. The van der Waals surface area contributed by atoms with Crippen LogP contribution in [0.5, 0.6) is 0 Å². The quantitative estimate of drug-likeness (QED) is 0.656. The molecule has 4 rings (SSSR count). The molecule has 0 spiro atoms. The van der Waals surface area contributed by atoms with Gasteiger partial charge in [0.1, 0.15) is 0 Å². The van der Waals surface area contributed by atoms with Gasteiger partial charge in [-0.25, -0.2) is 0 Å². The highest BCUT2D eigenvalue weighted by atomic mass is 127. The van der Waals surface area contributed by atoms with Crippen LogP contribution < -0.4 is 5.32 Å². The van der Waals surface area contributed by atoms with Gasteiger partial charge in [-0.3, -0.25) is 0 Å². The van der Waals surface area contributed by atoms with Crippen molar-refractivity contribution in [2.24, 2.45) is 0 Å². The monoisotopic (exact) mass is 409 g/mol. The number of rotatable bonds is 2. The number of nitrogens with one attached hydrogen (secondary N) is 1. The molecule has 0 amide bonds. The molecule has 2 aromatic rings. The maximum atomic E-state index is 3.99. The van der Waals surface area contributed by atoms with Gasteiger partial charge in [-0.1, -0.05) is 24.3 Å². The molecule has 1 N–H and O–H groups in total. The van der Waals surface area contributed by atoms with Crippen LogP contribution in [0.15, 0.2) is 30.3 Å². The van der Waals surface area contributed by atoms with Gasteiger partial charge < -0.3 is 5.32 Å². The molecule has 0 saturated carbocycles. The lowest BCUT2D eigenvalue weighted by molar-refractivity contribution is 0.371. The Bertz CT molecular complexity index is 648. The molecule has 1 nitrogen and oxygen atoms in total. The Labute approximate surface area is 144 Å². The first kappa shape index (κ1) is 14.2. The van der Waals surface area contributed by atoms with Crippen LogP contribution in [-0.4, -0.2) is 0 Å². The van der Waals surface area contributed by atoms with Crippen molar-refractivity contribution in [1.29, 1.82) is 0 Å². The predicted molar refractivity (Wildman–Crippen MR) is 98.0 cm³/mol. The fraction of sp³-hybridized carbons (Fsp3) is 0.444. The summed E-state index contributed by atoms with van der Waals surface area (Å²) < 4.78 is 1.44. The number of hydrogen-bond acceptors (Lipinski definition) is 2. The number of halogens is 1. The van der Waals surface area contributed by atoms with Crippen molar-refractivity contribution < 1.29 is 0 Å². The van der Waals surface area contributed by atoms with Gasteiger partial charge in [0.25, 0.3) is 0 Å². The van der Waals surface area contributed by atoms with Gasteiger partial charge in [-0.2, -0.15) is 0 Å². The lowest BCUT2D eigenvalue weighted by Crippen LogP contribution is -2.30. The molecule has 2 unspecified atom stereocenters. The van der Waals surface area contributed by atoms with Crippen LogP contribution in [0.4, 0.5) is 0 Å². The average molecular weight is 409 g/mol. The second kappa shape index (κ2) is 6.01. The normalized spacial score (nSPS) is 24.4. The van der Waals surface area contributed by atoms with E-state index in [9.17, 15) is 0 Å². The summed E-state index contributed by atoms with van der Waals surface area (Å²) in [5.74, 6) is 0. The van der Waals surface area contributed by atoms with Gasteiger partial charge in [0.15, 0.2) is 0 Å². The highest BCUT2D eigenvalue weighted by Gasteiger charge is 2.27. The molecule has 110 valence electrons. The molecular weight excluding hydrogens is 389 g/mol. The standard InChI is InChI=1S/C18H20INS/c19-18-11-14-16(9-4-10-17(14)21-18)20-15-8-3-6-12-5-1-2-7-13(12)15/h1-2,5,7,11,15-16,20H,3-4,6,8-10H2. The first-order valence-corrected chi connectivity index (χ1v) is 9.83. The van der Waals surface area contributed by atoms with Crippen LogP contribution >= 0.6 is 33.9 Å². The molecule has 0 bridgehead atoms. The van der Waals surface area contributed by atoms with E-state index in [2.05, 4.69) is 58.2 Å². The van der Waals surface area contributed by atoms with E-state index in [4.69, 9.17) is 0 Å². The summed E-state index contributed by atoms with van der Waals surface area (Å²) in [5, 5.41) is 3.99. The van der Waals surface area contributed by atoms with Crippen LogP contribution in [0.2, 0.25) is 0 Å². The van der Waals surface area contributed by atoms with Crippen molar-refractivity contribution in [3.63, 3.8) is 0 Å². The molecule has 1 aromatic heterocycles. The third-order valence-electron chi connectivity index (χ3n) is 4.86. The summed E-state index contributed by atoms with van der Waals surface area (Å²) in [4.78, 5) is 1.62. The minimum Gasteiger partial charge on any atom is -0.303 e. The first-order chi connectivity index (χ1) is 10.3. The highest BCUT2D eigenvalue weighted by molar-refractivity contribution is 14.1. The van der Waals surface area contributed by atoms with E-state index in [1.54, 1.807) is 21.6 Å². The molecule has 0 radical (unpaired) electrons. The Balaban J connectivity index is 1.60. The Kier molecular flexibility index (Phi) is 4.07. The number of thiophene rings is 1. The lowest BCUT2D eigenvalue weighted by atomic mass is 9.85. The van der Waals surface area contributed by atoms with Crippen LogP contribution in [-0.2, 0) is 12.8 Å². The van der Waals surface area contributed by atoms with E-state index in [1.165, 1.54) is 41.4 Å². The van der Waals surface area contributed by atoms with Crippen molar-refractivity contribution >= 4 is 33.9 Å². The number of aryl methyl sites for hydroxylation is 2. The zero-order chi connectivity index (χ0) is 14.2. The second-order valence-electron chi connectivity index (χ2n) is 6.18. The van der Waals surface area contributed by atoms with E-state index in [1.807, 2.05) is 11.3 Å². The van der Waals surface area contributed by atoms with Gasteiger partial charge in [0.2, 0.25) is 0 Å². The molecule has 2 aliphatic carbocycles. The van der Waals surface area contributed by atoms with E-state index in [0.29, 0.717) is 12.1 Å². The minimum absolute atomic E-state index is 0.545. The second-order valence-corrected chi connectivity index (χ2v) is 9.22. The summed E-state index contributed by atoms with van der Waals surface area (Å²) in [6.07, 6.45) is 7.75. The molecule has 1 aromatic carbocycles. The summed E-state index contributed by atoms with van der Waals surface area (Å²) >= 11 is 4.46. The minimum atomic E-state index is 0.545. The predicted octanol–water partition coefficient (Wildman–Crippen LogP) is 5.40. The fourth-order valence-corrected chi connectivity index (χ4v) is 5.98. The summed E-state index contributed by atoms with van der Waals surface area (Å²) in [6, 6.07) is 12.5. The van der Waals surface area contributed by atoms with Gasteiger partial charge in [0.05, 0.1) is 2.88 Å². The highest BCUT2D eigenvalue weighted by Crippen LogP contribution is 2.39. The van der Waals surface area contributed by atoms with Crippen molar-refractivity contribution in [3.05, 3.63) is 54.8 Å². The van der Waals surface area contributed by atoms with Crippen LogP contribution in [0, 0.1) is 2.88 Å². The van der Waals surface area contributed by atoms with Gasteiger partial charge >= 0.3 is 0 Å². The van der Waals surface area contributed by atoms with Gasteiger partial charge in [-0.05, 0) is 83.9 Å².